The molecule has 228 valence electrons. The van der Waals surface area contributed by atoms with Gasteiger partial charge < -0.3 is 24.8 Å². The number of carbonyl (C=O) groups excluding carboxylic acids is 1. The second-order valence-electron chi connectivity index (χ2n) is 12.7. The number of hydrogen-bond acceptors (Lipinski definition) is 8. The van der Waals surface area contributed by atoms with Gasteiger partial charge in [-0.25, -0.2) is 4.98 Å². The van der Waals surface area contributed by atoms with Gasteiger partial charge in [0.2, 0.25) is 5.91 Å². The molecule has 2 atom stereocenters. The van der Waals surface area contributed by atoms with Crippen LogP contribution in [0.5, 0.6) is 0 Å². The number of fused-ring (bicyclic) bond motifs is 2. The highest BCUT2D eigenvalue weighted by atomic mass is 16.5. The lowest BCUT2D eigenvalue weighted by Gasteiger charge is -2.33. The number of imidazole rings is 1. The summed E-state index contributed by atoms with van der Waals surface area (Å²) in [6.07, 6.45) is 11.0. The van der Waals surface area contributed by atoms with Crippen LogP contribution in [0.4, 0.5) is 11.4 Å². The van der Waals surface area contributed by atoms with Crippen LogP contribution >= 0.6 is 0 Å². The van der Waals surface area contributed by atoms with Crippen LogP contribution in [0.1, 0.15) is 62.5 Å². The Morgan fingerprint density at radius 1 is 1.05 bits per heavy atom. The predicted octanol–water partition coefficient (Wildman–Crippen LogP) is 5.22. The number of benzene rings is 1. The van der Waals surface area contributed by atoms with Crippen molar-refractivity contribution in [2.75, 3.05) is 50.1 Å². The van der Waals surface area contributed by atoms with Crippen molar-refractivity contribution in [3.8, 4) is 11.1 Å². The molecule has 10 heteroatoms. The molecule has 0 radical (unpaired) electrons. The summed E-state index contributed by atoms with van der Waals surface area (Å²) in [5, 5.41) is 3.00. The van der Waals surface area contributed by atoms with Gasteiger partial charge in [0.15, 0.2) is 5.82 Å². The minimum absolute atomic E-state index is 0.00651. The van der Waals surface area contributed by atoms with Gasteiger partial charge >= 0.3 is 0 Å². The third-order valence-electron chi connectivity index (χ3n) is 8.85. The maximum atomic E-state index is 12.4. The van der Waals surface area contributed by atoms with E-state index in [2.05, 4.69) is 55.3 Å². The van der Waals surface area contributed by atoms with Gasteiger partial charge in [-0.15, -0.1) is 0 Å². The number of nitrogens with one attached hydrogen (secondary N) is 2. The van der Waals surface area contributed by atoms with Crippen LogP contribution < -0.4 is 10.2 Å². The highest BCUT2D eigenvalue weighted by Gasteiger charge is 2.35. The summed E-state index contributed by atoms with van der Waals surface area (Å²) >= 11 is 0. The molecule has 1 aromatic carbocycles. The van der Waals surface area contributed by atoms with E-state index in [1.165, 1.54) is 0 Å². The first-order chi connectivity index (χ1) is 21.4. The Morgan fingerprint density at radius 3 is 2.68 bits per heavy atom. The van der Waals surface area contributed by atoms with Crippen LogP contribution in [0.15, 0.2) is 54.0 Å². The summed E-state index contributed by atoms with van der Waals surface area (Å²) in [6, 6.07) is 8.37. The fourth-order valence-electron chi connectivity index (χ4n) is 6.52. The zero-order valence-electron chi connectivity index (χ0n) is 25.7. The molecule has 2 N–H and O–H groups in total. The number of anilines is 2. The Morgan fingerprint density at radius 2 is 1.89 bits per heavy atom. The normalized spacial score (nSPS) is 20.6. The van der Waals surface area contributed by atoms with Gasteiger partial charge in [-0.3, -0.25) is 19.8 Å². The summed E-state index contributed by atoms with van der Waals surface area (Å²) in [4.78, 5) is 40.2. The number of aromatic amines is 1. The summed E-state index contributed by atoms with van der Waals surface area (Å²) in [6.45, 7) is 8.75. The molecule has 4 aromatic rings. The SMILES string of the molecule is CC(C)CC(=O)Nc1cncc(-c2ccc3c(c2)C(c2nc4c(N5CCN(C)CC5)cncc4[nH]2)=NC3C2CCCCO2)c1. The lowest BCUT2D eigenvalue weighted by molar-refractivity contribution is -0.116. The maximum absolute atomic E-state index is 12.4. The monoisotopic (exact) mass is 592 g/mol. The maximum Gasteiger partial charge on any atom is 0.224 e. The van der Waals surface area contributed by atoms with E-state index < -0.39 is 0 Å². The molecule has 3 aromatic heterocycles. The molecule has 44 heavy (non-hydrogen) atoms. The average molecular weight is 593 g/mol. The molecular formula is C34H40N8O2. The van der Waals surface area contributed by atoms with Crippen molar-refractivity contribution in [1.29, 1.82) is 0 Å². The minimum atomic E-state index is -0.0856. The molecule has 0 spiro atoms. The van der Waals surface area contributed by atoms with Crippen molar-refractivity contribution in [2.24, 2.45) is 10.9 Å². The van der Waals surface area contributed by atoms with Crippen molar-refractivity contribution in [2.45, 2.75) is 51.7 Å². The molecule has 0 aliphatic carbocycles. The van der Waals surface area contributed by atoms with Crippen molar-refractivity contribution < 1.29 is 9.53 Å². The number of ether oxygens (including phenoxy) is 1. The van der Waals surface area contributed by atoms with Gasteiger partial charge in [-0.05, 0) is 55.5 Å². The second-order valence-corrected chi connectivity index (χ2v) is 12.7. The Bertz CT molecular complexity index is 1700. The molecule has 3 aliphatic heterocycles. The van der Waals surface area contributed by atoms with Gasteiger partial charge in [-0.2, -0.15) is 0 Å². The first-order valence-corrected chi connectivity index (χ1v) is 15.8. The zero-order chi connectivity index (χ0) is 30.2. The van der Waals surface area contributed by atoms with Crippen LogP contribution in [0.3, 0.4) is 0 Å². The molecule has 2 fully saturated rings. The van der Waals surface area contributed by atoms with Gasteiger partial charge in [0.25, 0.3) is 0 Å². The van der Waals surface area contributed by atoms with Gasteiger partial charge in [0.1, 0.15) is 17.3 Å². The van der Waals surface area contributed by atoms with Crippen LogP contribution in [-0.4, -0.2) is 82.4 Å². The van der Waals surface area contributed by atoms with E-state index in [9.17, 15) is 4.79 Å². The lowest BCUT2D eigenvalue weighted by atomic mass is 9.92. The quantitative estimate of drug-likeness (QED) is 0.303. The number of pyridine rings is 2. The van der Waals surface area contributed by atoms with E-state index >= 15 is 0 Å². The third-order valence-corrected chi connectivity index (χ3v) is 8.85. The van der Waals surface area contributed by atoms with Crippen molar-refractivity contribution >= 4 is 34.0 Å². The Labute approximate surface area is 258 Å². The fourth-order valence-corrected chi connectivity index (χ4v) is 6.52. The topological polar surface area (TPSA) is 112 Å². The molecule has 3 aliphatic rings. The van der Waals surface area contributed by atoms with E-state index in [0.29, 0.717) is 12.1 Å². The van der Waals surface area contributed by atoms with E-state index in [-0.39, 0.29) is 24.0 Å². The molecule has 0 bridgehead atoms. The molecule has 2 saturated heterocycles. The number of piperazine rings is 1. The van der Waals surface area contributed by atoms with Crippen LogP contribution in [0.25, 0.3) is 22.2 Å². The first-order valence-electron chi connectivity index (χ1n) is 15.8. The minimum Gasteiger partial charge on any atom is -0.376 e. The highest BCUT2D eigenvalue weighted by Crippen LogP contribution is 2.40. The number of aromatic nitrogens is 4. The smallest absolute Gasteiger partial charge is 0.224 e. The van der Waals surface area contributed by atoms with Crippen LogP contribution in [-0.2, 0) is 9.53 Å². The molecule has 2 unspecified atom stereocenters. The first kappa shape index (κ1) is 28.6. The van der Waals surface area contributed by atoms with Gasteiger partial charge in [0.05, 0.1) is 41.6 Å². The summed E-state index contributed by atoms with van der Waals surface area (Å²) in [7, 11) is 2.16. The Balaban J connectivity index is 1.26. The van der Waals surface area contributed by atoms with E-state index in [0.717, 1.165) is 103 Å². The lowest BCUT2D eigenvalue weighted by Crippen LogP contribution is -2.44. The second kappa shape index (κ2) is 12.1. The summed E-state index contributed by atoms with van der Waals surface area (Å²) < 4.78 is 6.26. The number of aliphatic imine (C=N–C) groups is 1. The number of carbonyl (C=O) groups is 1. The van der Waals surface area contributed by atoms with E-state index in [1.54, 1.807) is 6.20 Å². The number of hydrogen-bond donors (Lipinski definition) is 2. The van der Waals surface area contributed by atoms with E-state index in [1.807, 2.05) is 38.5 Å². The summed E-state index contributed by atoms with van der Waals surface area (Å²) in [5.41, 5.74) is 8.55. The average Bonchev–Trinajstić information content (AvgIpc) is 3.63. The summed E-state index contributed by atoms with van der Waals surface area (Å²) in [5.74, 6) is 1.02. The number of likely N-dealkylation sites (N-methyl/N-ethyl adjacent to an activating group) is 1. The van der Waals surface area contributed by atoms with Crippen molar-refractivity contribution in [3.05, 3.63) is 66.0 Å². The highest BCUT2D eigenvalue weighted by molar-refractivity contribution is 6.15. The fraction of sp³-hybridized carbons (Fsp3) is 0.441. The number of H-pyrrole nitrogens is 1. The number of amides is 1. The largest absolute Gasteiger partial charge is 0.376 e. The Hall–Kier alpha value is -4.15. The molecular weight excluding hydrogens is 552 g/mol. The molecule has 1 amide bonds. The van der Waals surface area contributed by atoms with Crippen LogP contribution in [0, 0.1) is 5.92 Å². The van der Waals surface area contributed by atoms with Crippen molar-refractivity contribution in [3.63, 3.8) is 0 Å². The van der Waals surface area contributed by atoms with Crippen molar-refractivity contribution in [1.82, 2.24) is 24.8 Å². The molecule has 10 nitrogen and oxygen atoms in total. The van der Waals surface area contributed by atoms with Gasteiger partial charge in [-0.1, -0.05) is 26.0 Å². The molecule has 6 heterocycles. The van der Waals surface area contributed by atoms with Gasteiger partial charge in [0, 0.05) is 56.5 Å². The number of nitrogens with zero attached hydrogens (tertiary/aromatic N) is 6. The molecule has 0 saturated carbocycles. The van der Waals surface area contributed by atoms with E-state index in [4.69, 9.17) is 14.7 Å². The predicted molar refractivity (Wildman–Crippen MR) is 173 cm³/mol. The zero-order valence-corrected chi connectivity index (χ0v) is 25.7. The van der Waals surface area contributed by atoms with Crippen LogP contribution in [0.2, 0.25) is 0 Å². The standard InChI is InChI=1S/C34H40N8O2/c1-21(2)14-30(43)37-24-15-23(17-35-18-24)22-7-8-25-26(16-22)32(39-31(25)29-6-4-5-13-44-29)34-38-27-19-36-20-28(33(27)40-34)42-11-9-41(3)10-12-42/h7-8,15-21,29,31H,4-6,9-14H2,1-3H3,(H,37,43)(H,38,40). The molecule has 7 rings (SSSR count). The number of rotatable bonds is 7. The Kier molecular flexibility index (Phi) is 7.86. The third kappa shape index (κ3) is 5.71.